The third kappa shape index (κ3) is 6.31. The molecule has 9 nitrogen and oxygen atoms in total. The molecule has 0 aliphatic carbocycles. The maximum Gasteiger partial charge on any atom is 0.236 e. The Morgan fingerprint density at radius 1 is 1.15 bits per heavy atom. The molecule has 3 N–H and O–H groups in total. The van der Waals surface area contributed by atoms with Crippen LogP contribution in [0.2, 0.25) is 5.02 Å². The van der Waals surface area contributed by atoms with Crippen LogP contribution in [0.15, 0.2) is 51.9 Å². The number of aromatic nitrogens is 3. The number of nitrogens with one attached hydrogen (secondary N) is 3. The highest BCUT2D eigenvalue weighted by Crippen LogP contribution is 2.37. The molecule has 3 heterocycles. The van der Waals surface area contributed by atoms with Crippen LogP contribution in [0.3, 0.4) is 0 Å². The average Bonchev–Trinajstić information content (AvgIpc) is 3.46. The van der Waals surface area contributed by atoms with Gasteiger partial charge in [-0.2, -0.15) is 10.2 Å². The molecule has 0 spiro atoms. The van der Waals surface area contributed by atoms with E-state index in [1.807, 2.05) is 12.1 Å². The van der Waals surface area contributed by atoms with E-state index >= 15 is 0 Å². The van der Waals surface area contributed by atoms with Crippen LogP contribution in [0.1, 0.15) is 25.7 Å². The Kier molecular flexibility index (Phi) is 6.91. The molecule has 0 radical (unpaired) electrons. The van der Waals surface area contributed by atoms with E-state index in [4.69, 9.17) is 18.0 Å². The Balaban J connectivity index is 1.28. The standard InChI is InChI=1S/C22H20ClN7O2S/c1-2-3-9-22(29-30-22)10-8-19(31)25-15-5-6-16-17(11-15)27-21(26-16)33-13-20(32)28-18-7-4-14(23)12-24-18/h1,4-7,11-12H,3,8-10,13H2,(H,25,31)(H,26,27)(H,24,28,32). The summed E-state index contributed by atoms with van der Waals surface area (Å²) in [5.74, 6) is 2.84. The number of pyridine rings is 1. The third-order valence-corrected chi connectivity index (χ3v) is 5.98. The second kappa shape index (κ2) is 10.0. The molecule has 0 saturated carbocycles. The first-order valence-corrected chi connectivity index (χ1v) is 11.5. The molecule has 0 saturated heterocycles. The molecule has 2 aromatic heterocycles. The van der Waals surface area contributed by atoms with Crippen molar-refractivity contribution in [2.24, 2.45) is 10.2 Å². The number of benzene rings is 1. The molecule has 0 unspecified atom stereocenters. The summed E-state index contributed by atoms with van der Waals surface area (Å²) < 4.78 is 0. The minimum Gasteiger partial charge on any atom is -0.333 e. The molecule has 1 aliphatic rings. The van der Waals surface area contributed by atoms with Crippen LogP contribution < -0.4 is 10.6 Å². The predicted octanol–water partition coefficient (Wildman–Crippen LogP) is 4.64. The largest absolute Gasteiger partial charge is 0.333 e. The first-order chi connectivity index (χ1) is 15.9. The van der Waals surface area contributed by atoms with Gasteiger partial charge in [0, 0.05) is 37.6 Å². The number of thioether (sulfide) groups is 1. The lowest BCUT2D eigenvalue weighted by Crippen LogP contribution is -2.17. The molecule has 0 bridgehead atoms. The third-order valence-electron chi connectivity index (χ3n) is 4.88. The molecule has 1 aromatic carbocycles. The number of halogens is 1. The lowest BCUT2D eigenvalue weighted by atomic mass is 10.0. The normalized spacial score (nSPS) is 13.5. The number of anilines is 2. The van der Waals surface area contributed by atoms with Crippen LogP contribution in [0.25, 0.3) is 11.0 Å². The van der Waals surface area contributed by atoms with Crippen molar-refractivity contribution in [3.63, 3.8) is 0 Å². The van der Waals surface area contributed by atoms with E-state index in [9.17, 15) is 9.59 Å². The number of hydrogen-bond acceptors (Lipinski definition) is 7. The second-order valence-electron chi connectivity index (χ2n) is 7.41. The SMILES string of the molecule is C#CCCC1(CCC(=O)Nc2ccc3nc(SCC(=O)Nc4ccc(Cl)cn4)[nH]c3c2)N=N1. The highest BCUT2D eigenvalue weighted by atomic mass is 35.5. The van der Waals surface area contributed by atoms with Crippen LogP contribution in [-0.4, -0.2) is 38.2 Å². The van der Waals surface area contributed by atoms with E-state index < -0.39 is 5.66 Å². The van der Waals surface area contributed by atoms with Gasteiger partial charge < -0.3 is 15.6 Å². The summed E-state index contributed by atoms with van der Waals surface area (Å²) in [5.41, 5.74) is 1.67. The number of rotatable bonds is 10. The molecule has 2 amide bonds. The summed E-state index contributed by atoms with van der Waals surface area (Å²) in [6.07, 6.45) is 8.86. The van der Waals surface area contributed by atoms with E-state index in [-0.39, 0.29) is 17.6 Å². The number of carbonyl (C=O) groups excluding carboxylic acids is 2. The van der Waals surface area contributed by atoms with Crippen molar-refractivity contribution in [2.45, 2.75) is 36.5 Å². The number of aromatic amines is 1. The van der Waals surface area contributed by atoms with Gasteiger partial charge in [0.15, 0.2) is 10.8 Å². The number of amides is 2. The van der Waals surface area contributed by atoms with Gasteiger partial charge in [0.25, 0.3) is 0 Å². The van der Waals surface area contributed by atoms with Crippen molar-refractivity contribution in [2.75, 3.05) is 16.4 Å². The molecule has 1 aliphatic heterocycles. The number of hydrogen-bond donors (Lipinski definition) is 3. The zero-order valence-corrected chi connectivity index (χ0v) is 19.0. The fourth-order valence-electron chi connectivity index (χ4n) is 3.10. The van der Waals surface area contributed by atoms with Crippen molar-refractivity contribution in [3.05, 3.63) is 41.6 Å². The van der Waals surface area contributed by atoms with Crippen molar-refractivity contribution in [1.82, 2.24) is 15.0 Å². The summed E-state index contributed by atoms with van der Waals surface area (Å²) in [5, 5.41) is 14.8. The Morgan fingerprint density at radius 3 is 2.73 bits per heavy atom. The number of nitrogens with zero attached hydrogens (tertiary/aromatic N) is 4. The minimum absolute atomic E-state index is 0.117. The molecule has 0 fully saturated rings. The summed E-state index contributed by atoms with van der Waals surface area (Å²) >= 11 is 7.06. The van der Waals surface area contributed by atoms with Crippen molar-refractivity contribution in [1.29, 1.82) is 0 Å². The Bertz CT molecular complexity index is 1240. The molecule has 3 aromatic rings. The monoisotopic (exact) mass is 481 g/mol. The smallest absolute Gasteiger partial charge is 0.236 e. The summed E-state index contributed by atoms with van der Waals surface area (Å²) in [6, 6.07) is 8.69. The van der Waals surface area contributed by atoms with Crippen LogP contribution in [0.4, 0.5) is 11.5 Å². The highest BCUT2D eigenvalue weighted by Gasteiger charge is 2.39. The molecular weight excluding hydrogens is 462 g/mol. The van der Waals surface area contributed by atoms with Gasteiger partial charge in [0.05, 0.1) is 21.8 Å². The first-order valence-electron chi connectivity index (χ1n) is 10.2. The molecular formula is C22H20ClN7O2S. The summed E-state index contributed by atoms with van der Waals surface area (Å²) in [7, 11) is 0. The van der Waals surface area contributed by atoms with Gasteiger partial charge in [-0.3, -0.25) is 9.59 Å². The fraction of sp³-hybridized carbons (Fsp3) is 0.273. The summed E-state index contributed by atoms with van der Waals surface area (Å²) in [4.78, 5) is 36.1. The van der Waals surface area contributed by atoms with Gasteiger partial charge in [-0.25, -0.2) is 9.97 Å². The van der Waals surface area contributed by atoms with Gasteiger partial charge in [0.2, 0.25) is 11.8 Å². The minimum atomic E-state index is -0.473. The van der Waals surface area contributed by atoms with Crippen LogP contribution in [0, 0.1) is 12.3 Å². The van der Waals surface area contributed by atoms with Crippen molar-refractivity contribution in [3.8, 4) is 12.3 Å². The Morgan fingerprint density at radius 2 is 2.00 bits per heavy atom. The lowest BCUT2D eigenvalue weighted by Gasteiger charge is -2.09. The number of H-pyrrole nitrogens is 1. The van der Waals surface area contributed by atoms with Crippen LogP contribution in [0.5, 0.6) is 0 Å². The number of fused-ring (bicyclic) bond motifs is 1. The maximum absolute atomic E-state index is 12.3. The molecule has 168 valence electrons. The molecule has 4 rings (SSSR count). The molecule has 11 heteroatoms. The number of carbonyl (C=O) groups is 2. The average molecular weight is 482 g/mol. The number of imidazole rings is 1. The van der Waals surface area contributed by atoms with E-state index in [0.29, 0.717) is 47.4 Å². The Labute approximate surface area is 199 Å². The predicted molar refractivity (Wildman–Crippen MR) is 128 cm³/mol. The second-order valence-corrected chi connectivity index (χ2v) is 8.81. The maximum atomic E-state index is 12.3. The lowest BCUT2D eigenvalue weighted by molar-refractivity contribution is -0.116. The highest BCUT2D eigenvalue weighted by molar-refractivity contribution is 7.99. The zero-order chi connectivity index (χ0) is 23.3. The van der Waals surface area contributed by atoms with E-state index in [1.165, 1.54) is 18.0 Å². The number of terminal acetylenes is 1. The van der Waals surface area contributed by atoms with Gasteiger partial charge in [0.1, 0.15) is 5.82 Å². The summed E-state index contributed by atoms with van der Waals surface area (Å²) in [6.45, 7) is 0. The van der Waals surface area contributed by atoms with Crippen LogP contribution >= 0.6 is 23.4 Å². The van der Waals surface area contributed by atoms with E-state index in [0.717, 1.165) is 11.0 Å². The fourth-order valence-corrected chi connectivity index (χ4v) is 3.90. The molecule has 0 atom stereocenters. The van der Waals surface area contributed by atoms with Gasteiger partial charge >= 0.3 is 0 Å². The van der Waals surface area contributed by atoms with Crippen molar-refractivity contribution >= 4 is 57.7 Å². The van der Waals surface area contributed by atoms with Crippen molar-refractivity contribution < 1.29 is 9.59 Å². The topological polar surface area (TPSA) is 124 Å². The first kappa shape index (κ1) is 22.8. The zero-order valence-electron chi connectivity index (χ0n) is 17.5. The molecule has 33 heavy (non-hydrogen) atoms. The van der Waals surface area contributed by atoms with E-state index in [1.54, 1.807) is 18.2 Å². The Hall–Kier alpha value is -3.42. The van der Waals surface area contributed by atoms with Gasteiger partial charge in [-0.05, 0) is 30.3 Å². The van der Waals surface area contributed by atoms with Gasteiger partial charge in [-0.1, -0.05) is 23.4 Å². The van der Waals surface area contributed by atoms with Gasteiger partial charge in [-0.15, -0.1) is 12.3 Å². The van der Waals surface area contributed by atoms with Crippen LogP contribution in [-0.2, 0) is 9.59 Å². The van der Waals surface area contributed by atoms with E-state index in [2.05, 4.69) is 41.7 Å². The quantitative estimate of drug-likeness (QED) is 0.287.